The van der Waals surface area contributed by atoms with E-state index in [1.807, 2.05) is 25.1 Å². The van der Waals surface area contributed by atoms with Crippen molar-refractivity contribution in [2.24, 2.45) is 0 Å². The predicted molar refractivity (Wildman–Crippen MR) is 92.9 cm³/mol. The van der Waals surface area contributed by atoms with Crippen molar-refractivity contribution in [2.75, 3.05) is 6.54 Å². The fourth-order valence-corrected chi connectivity index (χ4v) is 2.74. The van der Waals surface area contributed by atoms with Crippen LogP contribution in [0.5, 0.6) is 0 Å². The lowest BCUT2D eigenvalue weighted by Crippen LogP contribution is -2.27. The van der Waals surface area contributed by atoms with Crippen LogP contribution in [0.4, 0.5) is 0 Å². The molecule has 24 heavy (non-hydrogen) atoms. The topological polar surface area (TPSA) is 72.7 Å². The molecule has 6 nitrogen and oxygen atoms in total. The maximum Gasteiger partial charge on any atom is 0.271 e. The molecule has 1 amide bonds. The van der Waals surface area contributed by atoms with Gasteiger partial charge in [0.25, 0.3) is 5.91 Å². The lowest BCUT2D eigenvalue weighted by Gasteiger charge is -2.13. The summed E-state index contributed by atoms with van der Waals surface area (Å²) in [6.45, 7) is 6.62. The molecule has 0 radical (unpaired) electrons. The predicted octanol–water partition coefficient (Wildman–Crippen LogP) is 2.69. The first kappa shape index (κ1) is 16.1. The SMILES string of the molecule is Cc1cnc(C(=O)NCCc2nc3ccccc3n2C(C)C)cn1. The van der Waals surface area contributed by atoms with Crippen molar-refractivity contribution < 1.29 is 4.79 Å². The Morgan fingerprint density at radius 2 is 2.00 bits per heavy atom. The molecule has 0 aliphatic rings. The normalized spacial score (nSPS) is 11.2. The van der Waals surface area contributed by atoms with Crippen molar-refractivity contribution in [2.45, 2.75) is 33.2 Å². The van der Waals surface area contributed by atoms with Gasteiger partial charge in [0.15, 0.2) is 0 Å². The number of imidazole rings is 1. The van der Waals surface area contributed by atoms with Crippen molar-refractivity contribution in [3.05, 3.63) is 53.9 Å². The minimum atomic E-state index is -0.213. The molecule has 0 saturated heterocycles. The van der Waals surface area contributed by atoms with E-state index in [4.69, 9.17) is 4.98 Å². The number of hydrogen-bond acceptors (Lipinski definition) is 4. The Morgan fingerprint density at radius 1 is 1.21 bits per heavy atom. The fraction of sp³-hybridized carbons (Fsp3) is 0.333. The number of aryl methyl sites for hydroxylation is 1. The molecule has 1 aromatic carbocycles. The second-order valence-corrected chi connectivity index (χ2v) is 6.03. The Bertz CT molecular complexity index is 851. The second kappa shape index (κ2) is 6.78. The molecule has 0 spiro atoms. The number of fused-ring (bicyclic) bond motifs is 1. The van der Waals surface area contributed by atoms with Gasteiger partial charge >= 0.3 is 0 Å². The van der Waals surface area contributed by atoms with Crippen LogP contribution < -0.4 is 5.32 Å². The van der Waals surface area contributed by atoms with Crippen LogP contribution in [0.2, 0.25) is 0 Å². The molecular weight excluding hydrogens is 302 g/mol. The molecule has 6 heteroatoms. The average molecular weight is 323 g/mol. The number of carbonyl (C=O) groups excluding carboxylic acids is 1. The molecule has 0 unspecified atom stereocenters. The minimum Gasteiger partial charge on any atom is -0.350 e. The zero-order chi connectivity index (χ0) is 17.1. The molecule has 0 aliphatic heterocycles. The quantitative estimate of drug-likeness (QED) is 0.783. The summed E-state index contributed by atoms with van der Waals surface area (Å²) in [4.78, 5) is 25.0. The summed E-state index contributed by atoms with van der Waals surface area (Å²) in [5.41, 5.74) is 3.23. The van der Waals surface area contributed by atoms with Crippen LogP contribution in [0.25, 0.3) is 11.0 Å². The summed E-state index contributed by atoms with van der Waals surface area (Å²) in [6.07, 6.45) is 3.75. The summed E-state index contributed by atoms with van der Waals surface area (Å²) < 4.78 is 2.22. The first-order valence-corrected chi connectivity index (χ1v) is 8.09. The fourth-order valence-electron chi connectivity index (χ4n) is 2.74. The van der Waals surface area contributed by atoms with Crippen LogP contribution in [0, 0.1) is 6.92 Å². The molecule has 0 atom stereocenters. The van der Waals surface area contributed by atoms with Crippen LogP contribution in [0.3, 0.4) is 0 Å². The van der Waals surface area contributed by atoms with Gasteiger partial charge in [-0.25, -0.2) is 9.97 Å². The van der Waals surface area contributed by atoms with Gasteiger partial charge in [-0.3, -0.25) is 9.78 Å². The Kier molecular flexibility index (Phi) is 4.55. The maximum atomic E-state index is 12.1. The van der Waals surface area contributed by atoms with Crippen LogP contribution in [-0.2, 0) is 6.42 Å². The number of carbonyl (C=O) groups is 1. The smallest absolute Gasteiger partial charge is 0.271 e. The van der Waals surface area contributed by atoms with E-state index in [9.17, 15) is 4.79 Å². The van der Waals surface area contributed by atoms with Gasteiger partial charge in [-0.05, 0) is 32.9 Å². The number of nitrogens with zero attached hydrogens (tertiary/aromatic N) is 4. The Balaban J connectivity index is 1.70. The number of para-hydroxylation sites is 2. The number of rotatable bonds is 5. The molecule has 0 fully saturated rings. The number of hydrogen-bond donors (Lipinski definition) is 1. The van der Waals surface area contributed by atoms with Crippen LogP contribution in [0.1, 0.15) is 41.9 Å². The van der Waals surface area contributed by atoms with Gasteiger partial charge in [0.1, 0.15) is 11.5 Å². The third-order valence-corrected chi connectivity index (χ3v) is 3.83. The number of amides is 1. The van der Waals surface area contributed by atoms with Gasteiger partial charge in [0.2, 0.25) is 0 Å². The highest BCUT2D eigenvalue weighted by Crippen LogP contribution is 2.20. The monoisotopic (exact) mass is 323 g/mol. The summed E-state index contributed by atoms with van der Waals surface area (Å²) in [6, 6.07) is 8.41. The van der Waals surface area contributed by atoms with E-state index in [0.29, 0.717) is 24.7 Å². The molecule has 0 saturated carbocycles. The van der Waals surface area contributed by atoms with Crippen molar-refractivity contribution >= 4 is 16.9 Å². The van der Waals surface area contributed by atoms with Crippen molar-refractivity contribution in [1.82, 2.24) is 24.8 Å². The third kappa shape index (κ3) is 3.27. The Morgan fingerprint density at radius 3 is 2.71 bits per heavy atom. The highest BCUT2D eigenvalue weighted by molar-refractivity contribution is 5.91. The molecule has 3 aromatic rings. The second-order valence-electron chi connectivity index (χ2n) is 6.03. The summed E-state index contributed by atoms with van der Waals surface area (Å²) in [5.74, 6) is 0.760. The number of nitrogens with one attached hydrogen (secondary N) is 1. The van der Waals surface area contributed by atoms with Gasteiger partial charge < -0.3 is 9.88 Å². The molecule has 0 bridgehead atoms. The van der Waals surface area contributed by atoms with E-state index in [0.717, 1.165) is 22.6 Å². The van der Waals surface area contributed by atoms with Crippen molar-refractivity contribution in [3.8, 4) is 0 Å². The highest BCUT2D eigenvalue weighted by Gasteiger charge is 2.13. The summed E-state index contributed by atoms with van der Waals surface area (Å²) >= 11 is 0. The Labute approximate surface area is 141 Å². The van der Waals surface area contributed by atoms with E-state index in [-0.39, 0.29) is 5.91 Å². The highest BCUT2D eigenvalue weighted by atomic mass is 16.1. The van der Waals surface area contributed by atoms with E-state index in [1.54, 1.807) is 6.20 Å². The van der Waals surface area contributed by atoms with Crippen molar-refractivity contribution in [3.63, 3.8) is 0 Å². The van der Waals surface area contributed by atoms with Crippen molar-refractivity contribution in [1.29, 1.82) is 0 Å². The molecule has 124 valence electrons. The minimum absolute atomic E-state index is 0.213. The largest absolute Gasteiger partial charge is 0.350 e. The molecular formula is C18H21N5O. The summed E-state index contributed by atoms with van der Waals surface area (Å²) in [7, 11) is 0. The number of aromatic nitrogens is 4. The van der Waals surface area contributed by atoms with Gasteiger partial charge in [-0.1, -0.05) is 12.1 Å². The maximum absolute atomic E-state index is 12.1. The lowest BCUT2D eigenvalue weighted by atomic mass is 10.3. The molecule has 0 aliphatic carbocycles. The van der Waals surface area contributed by atoms with E-state index in [1.165, 1.54) is 6.20 Å². The van der Waals surface area contributed by atoms with Gasteiger partial charge in [0.05, 0.1) is 22.9 Å². The molecule has 2 heterocycles. The molecule has 2 aromatic heterocycles. The average Bonchev–Trinajstić information content (AvgIpc) is 2.93. The van der Waals surface area contributed by atoms with E-state index < -0.39 is 0 Å². The van der Waals surface area contributed by atoms with Crippen LogP contribution >= 0.6 is 0 Å². The van der Waals surface area contributed by atoms with Crippen LogP contribution in [0.15, 0.2) is 36.7 Å². The van der Waals surface area contributed by atoms with Crippen LogP contribution in [-0.4, -0.2) is 32.0 Å². The van der Waals surface area contributed by atoms with E-state index >= 15 is 0 Å². The Hall–Kier alpha value is -2.76. The third-order valence-electron chi connectivity index (χ3n) is 3.83. The first-order valence-electron chi connectivity index (χ1n) is 8.09. The van der Waals surface area contributed by atoms with Gasteiger partial charge in [0, 0.05) is 25.2 Å². The van der Waals surface area contributed by atoms with Gasteiger partial charge in [-0.2, -0.15) is 0 Å². The molecule has 1 N–H and O–H groups in total. The lowest BCUT2D eigenvalue weighted by molar-refractivity contribution is 0.0948. The standard InChI is InChI=1S/C18H21N5O/c1-12(2)23-16-7-5-4-6-14(16)22-17(23)8-9-19-18(24)15-11-20-13(3)10-21-15/h4-7,10-12H,8-9H2,1-3H3,(H,19,24). The zero-order valence-corrected chi connectivity index (χ0v) is 14.2. The zero-order valence-electron chi connectivity index (χ0n) is 14.2. The molecule has 3 rings (SSSR count). The van der Waals surface area contributed by atoms with E-state index in [2.05, 4.69) is 39.8 Å². The van der Waals surface area contributed by atoms with Gasteiger partial charge in [-0.15, -0.1) is 0 Å². The summed E-state index contributed by atoms with van der Waals surface area (Å²) in [5, 5.41) is 2.88. The number of benzene rings is 1. The first-order chi connectivity index (χ1) is 11.6.